The first-order chi connectivity index (χ1) is 15.3. The molecule has 0 radical (unpaired) electrons. The number of aryl methyl sites for hydroxylation is 1. The predicted molar refractivity (Wildman–Crippen MR) is 121 cm³/mol. The van der Waals surface area contributed by atoms with Gasteiger partial charge in [-0.3, -0.25) is 9.59 Å². The van der Waals surface area contributed by atoms with Gasteiger partial charge in [0.25, 0.3) is 11.7 Å². The molecule has 1 aliphatic heterocycles. The van der Waals surface area contributed by atoms with Gasteiger partial charge in [0, 0.05) is 17.7 Å². The van der Waals surface area contributed by atoms with E-state index in [0.717, 1.165) is 5.56 Å². The van der Waals surface area contributed by atoms with E-state index >= 15 is 0 Å². The summed E-state index contributed by atoms with van der Waals surface area (Å²) < 4.78 is 16.4. The number of ether oxygens (including phenoxy) is 3. The van der Waals surface area contributed by atoms with Crippen molar-refractivity contribution in [2.45, 2.75) is 32.9 Å². The molecule has 3 rings (SSSR count). The second kappa shape index (κ2) is 9.87. The zero-order chi connectivity index (χ0) is 23.4. The van der Waals surface area contributed by atoms with Crippen molar-refractivity contribution < 1.29 is 28.9 Å². The number of nitrogens with zero attached hydrogens (tertiary/aromatic N) is 1. The zero-order valence-corrected chi connectivity index (χ0v) is 19.0. The topological polar surface area (TPSA) is 85.3 Å². The van der Waals surface area contributed by atoms with Crippen LogP contribution in [0.3, 0.4) is 0 Å². The maximum Gasteiger partial charge on any atom is 0.295 e. The molecule has 0 aliphatic carbocycles. The lowest BCUT2D eigenvalue weighted by molar-refractivity contribution is -0.140. The van der Waals surface area contributed by atoms with Crippen LogP contribution in [0.25, 0.3) is 5.76 Å². The maximum atomic E-state index is 13.1. The Bertz CT molecular complexity index is 1040. The van der Waals surface area contributed by atoms with Gasteiger partial charge in [-0.1, -0.05) is 18.2 Å². The molecule has 2 aromatic carbocycles. The highest BCUT2D eigenvalue weighted by atomic mass is 16.5. The molecule has 0 spiro atoms. The van der Waals surface area contributed by atoms with Crippen LogP contribution < -0.4 is 9.47 Å². The van der Waals surface area contributed by atoms with Crippen LogP contribution in [0.5, 0.6) is 11.5 Å². The van der Waals surface area contributed by atoms with E-state index < -0.39 is 17.7 Å². The van der Waals surface area contributed by atoms with E-state index in [1.165, 1.54) is 12.0 Å². The number of hydrogen-bond donors (Lipinski definition) is 1. The summed E-state index contributed by atoms with van der Waals surface area (Å²) in [5, 5.41) is 11.2. The molecule has 1 saturated heterocycles. The number of ketones is 1. The van der Waals surface area contributed by atoms with Gasteiger partial charge in [0.05, 0.1) is 38.5 Å². The second-order valence-electron chi connectivity index (χ2n) is 7.83. The van der Waals surface area contributed by atoms with Crippen molar-refractivity contribution in [2.24, 2.45) is 0 Å². The molecule has 7 heteroatoms. The van der Waals surface area contributed by atoms with Crippen LogP contribution in [0, 0.1) is 6.92 Å². The highest BCUT2D eigenvalue weighted by Crippen LogP contribution is 2.43. The summed E-state index contributed by atoms with van der Waals surface area (Å²) in [6.45, 7) is 6.07. The van der Waals surface area contributed by atoms with E-state index in [4.69, 9.17) is 14.2 Å². The van der Waals surface area contributed by atoms with Crippen molar-refractivity contribution in [1.29, 1.82) is 0 Å². The van der Waals surface area contributed by atoms with E-state index in [2.05, 4.69) is 0 Å². The monoisotopic (exact) mass is 439 g/mol. The van der Waals surface area contributed by atoms with Crippen molar-refractivity contribution in [1.82, 2.24) is 4.90 Å². The molecule has 2 aromatic rings. The standard InChI is InChI=1S/C25H29NO6/c1-15(2)32-13-12-26-22(19-8-6-7-9-20(19)31-5)21(24(28)25(26)29)23(27)18-11-10-17(30-4)14-16(18)3/h6-11,14-15,22,27H,12-13H2,1-5H3/b23-21+. The number of methoxy groups -OCH3 is 2. The molecule has 1 heterocycles. The Balaban J connectivity index is 2.16. The first kappa shape index (κ1) is 23.3. The van der Waals surface area contributed by atoms with Crippen LogP contribution in [-0.4, -0.2) is 55.2 Å². The summed E-state index contributed by atoms with van der Waals surface area (Å²) in [6.07, 6.45) is -0.0153. The summed E-state index contributed by atoms with van der Waals surface area (Å²) in [7, 11) is 3.08. The molecule has 1 N–H and O–H groups in total. The molecule has 1 amide bonds. The molecule has 1 unspecified atom stereocenters. The number of Topliss-reactive ketones (excluding diaryl/α,β-unsaturated/α-hetero) is 1. The molecule has 1 aliphatic rings. The highest BCUT2D eigenvalue weighted by Gasteiger charge is 2.47. The summed E-state index contributed by atoms with van der Waals surface area (Å²) in [6, 6.07) is 11.5. The Morgan fingerprint density at radius 1 is 1.09 bits per heavy atom. The van der Waals surface area contributed by atoms with E-state index in [1.54, 1.807) is 43.5 Å². The van der Waals surface area contributed by atoms with E-state index in [9.17, 15) is 14.7 Å². The number of benzene rings is 2. The van der Waals surface area contributed by atoms with Gasteiger partial charge in [-0.05, 0) is 50.6 Å². The van der Waals surface area contributed by atoms with Crippen molar-refractivity contribution >= 4 is 17.4 Å². The van der Waals surface area contributed by atoms with Gasteiger partial charge in [0.15, 0.2) is 0 Å². The average Bonchev–Trinajstić information content (AvgIpc) is 3.03. The van der Waals surface area contributed by atoms with Crippen LogP contribution in [-0.2, 0) is 14.3 Å². The molecule has 32 heavy (non-hydrogen) atoms. The molecule has 0 saturated carbocycles. The summed E-state index contributed by atoms with van der Waals surface area (Å²) in [5.41, 5.74) is 1.82. The first-order valence-corrected chi connectivity index (χ1v) is 10.5. The lowest BCUT2D eigenvalue weighted by Gasteiger charge is -2.27. The zero-order valence-electron chi connectivity index (χ0n) is 19.0. The fourth-order valence-corrected chi connectivity index (χ4v) is 3.89. The molecule has 1 atom stereocenters. The van der Waals surface area contributed by atoms with Crippen molar-refractivity contribution in [3.8, 4) is 11.5 Å². The number of carbonyl (C=O) groups is 2. The summed E-state index contributed by atoms with van der Waals surface area (Å²) in [5.74, 6) is -0.496. The molecule has 0 aromatic heterocycles. The summed E-state index contributed by atoms with van der Waals surface area (Å²) in [4.78, 5) is 27.6. The SMILES string of the molecule is COc1ccc(/C(O)=C2\C(=O)C(=O)N(CCOC(C)C)C2c2ccccc2OC)c(C)c1. The van der Waals surface area contributed by atoms with Gasteiger partial charge in [0.2, 0.25) is 0 Å². The van der Waals surface area contributed by atoms with Gasteiger partial charge in [-0.25, -0.2) is 0 Å². The van der Waals surface area contributed by atoms with Crippen LogP contribution >= 0.6 is 0 Å². The molecule has 0 bridgehead atoms. The first-order valence-electron chi connectivity index (χ1n) is 10.5. The largest absolute Gasteiger partial charge is 0.507 e. The molecular formula is C25H29NO6. The minimum Gasteiger partial charge on any atom is -0.507 e. The minimum atomic E-state index is -0.802. The van der Waals surface area contributed by atoms with E-state index in [0.29, 0.717) is 22.6 Å². The Hall–Kier alpha value is -3.32. The third-order valence-corrected chi connectivity index (χ3v) is 5.45. The predicted octanol–water partition coefficient (Wildman–Crippen LogP) is 3.86. The lowest BCUT2D eigenvalue weighted by Crippen LogP contribution is -2.33. The smallest absolute Gasteiger partial charge is 0.295 e. The van der Waals surface area contributed by atoms with Crippen LogP contribution in [0.1, 0.15) is 36.6 Å². The highest BCUT2D eigenvalue weighted by molar-refractivity contribution is 6.46. The molecule has 170 valence electrons. The van der Waals surface area contributed by atoms with Gasteiger partial charge in [-0.15, -0.1) is 0 Å². The number of carbonyl (C=O) groups excluding carboxylic acids is 2. The fraction of sp³-hybridized carbons (Fsp3) is 0.360. The number of likely N-dealkylation sites (tertiary alicyclic amines) is 1. The number of hydrogen-bond acceptors (Lipinski definition) is 6. The second-order valence-corrected chi connectivity index (χ2v) is 7.83. The lowest BCUT2D eigenvalue weighted by atomic mass is 9.93. The van der Waals surface area contributed by atoms with Crippen LogP contribution in [0.2, 0.25) is 0 Å². The van der Waals surface area contributed by atoms with Gasteiger partial charge >= 0.3 is 0 Å². The Morgan fingerprint density at radius 3 is 2.44 bits per heavy atom. The number of rotatable bonds is 8. The number of aliphatic hydroxyl groups excluding tert-OH is 1. The van der Waals surface area contributed by atoms with Gasteiger partial charge in [0.1, 0.15) is 17.3 Å². The van der Waals surface area contributed by atoms with E-state index in [-0.39, 0.29) is 30.6 Å². The quantitative estimate of drug-likeness (QED) is 0.382. The van der Waals surface area contributed by atoms with E-state index in [1.807, 2.05) is 26.8 Å². The normalized spacial score (nSPS) is 17.8. The minimum absolute atomic E-state index is 0.0153. The molecule has 7 nitrogen and oxygen atoms in total. The number of aliphatic hydroxyl groups is 1. The maximum absolute atomic E-state index is 13.1. The Kier molecular flexibility index (Phi) is 7.20. The van der Waals surface area contributed by atoms with Gasteiger partial charge in [-0.2, -0.15) is 0 Å². The van der Waals surface area contributed by atoms with Crippen LogP contribution in [0.4, 0.5) is 0 Å². The van der Waals surface area contributed by atoms with Crippen molar-refractivity contribution in [3.05, 3.63) is 64.7 Å². The molecule has 1 fully saturated rings. The number of para-hydroxylation sites is 1. The average molecular weight is 440 g/mol. The third kappa shape index (κ3) is 4.48. The van der Waals surface area contributed by atoms with Crippen LogP contribution in [0.15, 0.2) is 48.0 Å². The summed E-state index contributed by atoms with van der Waals surface area (Å²) >= 11 is 0. The molecular weight excluding hydrogens is 410 g/mol. The van der Waals surface area contributed by atoms with Crippen molar-refractivity contribution in [3.63, 3.8) is 0 Å². The van der Waals surface area contributed by atoms with Gasteiger partial charge < -0.3 is 24.2 Å². The number of amides is 1. The fourth-order valence-electron chi connectivity index (χ4n) is 3.89. The Morgan fingerprint density at radius 2 is 1.81 bits per heavy atom. The third-order valence-electron chi connectivity index (χ3n) is 5.45. The van der Waals surface area contributed by atoms with Crippen molar-refractivity contribution in [2.75, 3.05) is 27.4 Å². The Labute approximate surface area is 188 Å².